The highest BCUT2D eigenvalue weighted by Crippen LogP contribution is 2.25. The van der Waals surface area contributed by atoms with Crippen LogP contribution in [0.4, 0.5) is 5.69 Å². The summed E-state index contributed by atoms with van der Waals surface area (Å²) >= 11 is 0. The first-order chi connectivity index (χ1) is 9.24. The van der Waals surface area contributed by atoms with Crippen molar-refractivity contribution < 1.29 is 0 Å². The van der Waals surface area contributed by atoms with E-state index in [1.54, 1.807) is 0 Å². The van der Waals surface area contributed by atoms with Crippen molar-refractivity contribution in [1.82, 2.24) is 4.90 Å². The highest BCUT2D eigenvalue weighted by molar-refractivity contribution is 5.93. The molecule has 2 aromatic rings. The van der Waals surface area contributed by atoms with E-state index < -0.39 is 0 Å². The van der Waals surface area contributed by atoms with Crippen molar-refractivity contribution in [3.63, 3.8) is 0 Å². The molecule has 0 aromatic heterocycles. The van der Waals surface area contributed by atoms with Gasteiger partial charge in [-0.05, 0) is 31.7 Å². The normalized spacial score (nSPS) is 20.3. The summed E-state index contributed by atoms with van der Waals surface area (Å²) in [5, 5.41) is 6.37. The molecule has 0 aliphatic carbocycles. The highest BCUT2D eigenvalue weighted by atomic mass is 15.2. The summed E-state index contributed by atoms with van der Waals surface area (Å²) in [6.07, 6.45) is 1.24. The Hall–Kier alpha value is -1.54. The predicted molar refractivity (Wildman–Crippen MR) is 82.7 cm³/mol. The third kappa shape index (κ3) is 2.59. The summed E-state index contributed by atoms with van der Waals surface area (Å²) < 4.78 is 0. The van der Waals surface area contributed by atoms with Gasteiger partial charge >= 0.3 is 0 Å². The predicted octanol–water partition coefficient (Wildman–Crippen LogP) is 3.73. The van der Waals surface area contributed by atoms with Gasteiger partial charge in [-0.15, -0.1) is 0 Å². The largest absolute Gasteiger partial charge is 0.380 e. The van der Waals surface area contributed by atoms with E-state index >= 15 is 0 Å². The van der Waals surface area contributed by atoms with Crippen LogP contribution in [0.1, 0.15) is 20.3 Å². The molecule has 1 fully saturated rings. The zero-order valence-electron chi connectivity index (χ0n) is 11.8. The van der Waals surface area contributed by atoms with Gasteiger partial charge in [0.2, 0.25) is 0 Å². The molecule has 3 rings (SSSR count). The third-order valence-corrected chi connectivity index (χ3v) is 4.10. The molecule has 19 heavy (non-hydrogen) atoms. The topological polar surface area (TPSA) is 15.3 Å². The van der Waals surface area contributed by atoms with Crippen molar-refractivity contribution in [3.8, 4) is 0 Å². The number of nitrogens with one attached hydrogen (secondary N) is 1. The molecule has 2 heteroatoms. The smallest absolute Gasteiger partial charge is 0.0422 e. The van der Waals surface area contributed by atoms with E-state index in [0.717, 1.165) is 6.54 Å². The molecule has 1 aliphatic rings. The maximum Gasteiger partial charge on any atom is 0.0422 e. The van der Waals surface area contributed by atoms with Gasteiger partial charge in [0.25, 0.3) is 0 Å². The Kier molecular flexibility index (Phi) is 3.43. The van der Waals surface area contributed by atoms with Crippen LogP contribution < -0.4 is 5.32 Å². The fourth-order valence-corrected chi connectivity index (χ4v) is 2.95. The molecule has 1 unspecified atom stereocenters. The molecular weight excluding hydrogens is 232 g/mol. The van der Waals surface area contributed by atoms with Crippen LogP contribution in [0.15, 0.2) is 42.5 Å². The Bertz CT molecular complexity index is 557. The summed E-state index contributed by atoms with van der Waals surface area (Å²) in [6.45, 7) is 6.92. The number of fused-ring (bicyclic) bond motifs is 1. The van der Waals surface area contributed by atoms with Gasteiger partial charge in [0.15, 0.2) is 0 Å². The molecule has 0 spiro atoms. The van der Waals surface area contributed by atoms with E-state index in [4.69, 9.17) is 0 Å². The second kappa shape index (κ2) is 5.22. The maximum absolute atomic E-state index is 3.73. The van der Waals surface area contributed by atoms with Crippen LogP contribution in [0, 0.1) is 0 Å². The van der Waals surface area contributed by atoms with Crippen LogP contribution in [0.25, 0.3) is 10.8 Å². The molecule has 100 valence electrons. The number of hydrogen-bond donors (Lipinski definition) is 1. The molecule has 2 aromatic carbocycles. The van der Waals surface area contributed by atoms with Crippen molar-refractivity contribution >= 4 is 16.5 Å². The number of benzene rings is 2. The van der Waals surface area contributed by atoms with Gasteiger partial charge in [0.1, 0.15) is 0 Å². The molecular formula is C17H22N2. The Morgan fingerprint density at radius 2 is 1.89 bits per heavy atom. The van der Waals surface area contributed by atoms with Crippen LogP contribution in [-0.2, 0) is 0 Å². The van der Waals surface area contributed by atoms with Crippen LogP contribution >= 0.6 is 0 Å². The van der Waals surface area contributed by atoms with Crippen molar-refractivity contribution in [2.75, 3.05) is 18.4 Å². The lowest BCUT2D eigenvalue weighted by Gasteiger charge is -2.21. The average molecular weight is 254 g/mol. The minimum absolute atomic E-state index is 0.577. The maximum atomic E-state index is 3.73. The molecule has 0 radical (unpaired) electrons. The van der Waals surface area contributed by atoms with Gasteiger partial charge in [0.05, 0.1) is 0 Å². The van der Waals surface area contributed by atoms with Gasteiger partial charge < -0.3 is 5.32 Å². The van der Waals surface area contributed by atoms with Gasteiger partial charge in [-0.1, -0.05) is 36.4 Å². The zero-order chi connectivity index (χ0) is 13.2. The second-order valence-electron chi connectivity index (χ2n) is 5.75. The van der Waals surface area contributed by atoms with Crippen LogP contribution in [0.3, 0.4) is 0 Å². The van der Waals surface area contributed by atoms with Crippen molar-refractivity contribution in [2.24, 2.45) is 0 Å². The molecule has 0 amide bonds. The molecule has 1 atom stereocenters. The SMILES string of the molecule is CC(C)N1CCC(Nc2cccc3ccccc23)C1. The fourth-order valence-electron chi connectivity index (χ4n) is 2.95. The summed E-state index contributed by atoms with van der Waals surface area (Å²) in [5.74, 6) is 0. The average Bonchev–Trinajstić information content (AvgIpc) is 2.88. The second-order valence-corrected chi connectivity index (χ2v) is 5.75. The Morgan fingerprint density at radius 1 is 1.11 bits per heavy atom. The summed E-state index contributed by atoms with van der Waals surface area (Å²) in [6, 6.07) is 16.3. The molecule has 1 aliphatic heterocycles. The fraction of sp³-hybridized carbons (Fsp3) is 0.412. The van der Waals surface area contributed by atoms with Gasteiger partial charge in [-0.3, -0.25) is 4.90 Å². The van der Waals surface area contributed by atoms with Gasteiger partial charge in [-0.25, -0.2) is 0 Å². The molecule has 0 saturated carbocycles. The highest BCUT2D eigenvalue weighted by Gasteiger charge is 2.24. The third-order valence-electron chi connectivity index (χ3n) is 4.10. The lowest BCUT2D eigenvalue weighted by molar-refractivity contribution is 0.274. The number of anilines is 1. The van der Waals surface area contributed by atoms with E-state index in [1.807, 2.05) is 0 Å². The van der Waals surface area contributed by atoms with E-state index in [9.17, 15) is 0 Å². The summed E-state index contributed by atoms with van der Waals surface area (Å²) in [5.41, 5.74) is 1.27. The van der Waals surface area contributed by atoms with Crippen molar-refractivity contribution in [2.45, 2.75) is 32.4 Å². The van der Waals surface area contributed by atoms with Crippen molar-refractivity contribution in [3.05, 3.63) is 42.5 Å². The van der Waals surface area contributed by atoms with E-state index in [0.29, 0.717) is 12.1 Å². The summed E-state index contributed by atoms with van der Waals surface area (Å²) in [7, 11) is 0. The quantitative estimate of drug-likeness (QED) is 0.897. The van der Waals surface area contributed by atoms with Crippen molar-refractivity contribution in [1.29, 1.82) is 0 Å². The zero-order valence-corrected chi connectivity index (χ0v) is 11.8. The number of rotatable bonds is 3. The molecule has 1 heterocycles. The monoisotopic (exact) mass is 254 g/mol. The Balaban J connectivity index is 1.79. The minimum atomic E-state index is 0.577. The summed E-state index contributed by atoms with van der Waals surface area (Å²) in [4.78, 5) is 2.54. The Morgan fingerprint density at radius 3 is 2.68 bits per heavy atom. The number of nitrogens with zero attached hydrogens (tertiary/aromatic N) is 1. The standard InChI is InChI=1S/C17H22N2/c1-13(2)19-11-10-15(12-19)18-17-9-5-7-14-6-3-4-8-16(14)17/h3-9,13,15,18H,10-12H2,1-2H3. The molecule has 1 N–H and O–H groups in total. The minimum Gasteiger partial charge on any atom is -0.380 e. The first-order valence-corrected chi connectivity index (χ1v) is 7.22. The number of likely N-dealkylation sites (tertiary alicyclic amines) is 1. The van der Waals surface area contributed by atoms with Crippen LogP contribution in [0.5, 0.6) is 0 Å². The van der Waals surface area contributed by atoms with E-state index in [1.165, 1.54) is 29.4 Å². The van der Waals surface area contributed by atoms with E-state index in [-0.39, 0.29) is 0 Å². The first-order valence-electron chi connectivity index (χ1n) is 7.22. The van der Waals surface area contributed by atoms with E-state index in [2.05, 4.69) is 66.5 Å². The molecule has 0 bridgehead atoms. The lowest BCUT2D eigenvalue weighted by atomic mass is 10.1. The molecule has 1 saturated heterocycles. The van der Waals surface area contributed by atoms with Crippen LogP contribution in [0.2, 0.25) is 0 Å². The lowest BCUT2D eigenvalue weighted by Crippen LogP contribution is -2.31. The van der Waals surface area contributed by atoms with Gasteiger partial charge in [0, 0.05) is 36.2 Å². The van der Waals surface area contributed by atoms with Crippen LogP contribution in [-0.4, -0.2) is 30.1 Å². The Labute approximate surface area is 115 Å². The first kappa shape index (κ1) is 12.5. The number of hydrogen-bond acceptors (Lipinski definition) is 2. The molecule has 2 nitrogen and oxygen atoms in total. The van der Waals surface area contributed by atoms with Gasteiger partial charge in [-0.2, -0.15) is 0 Å².